The van der Waals surface area contributed by atoms with Crippen LogP contribution in [0.2, 0.25) is 0 Å². The highest BCUT2D eigenvalue weighted by molar-refractivity contribution is 5.88. The summed E-state index contributed by atoms with van der Waals surface area (Å²) in [5.41, 5.74) is 23.3. The van der Waals surface area contributed by atoms with E-state index in [2.05, 4.69) is 223 Å². The molecule has 0 saturated carbocycles. The van der Waals surface area contributed by atoms with Gasteiger partial charge in [0.15, 0.2) is 0 Å². The van der Waals surface area contributed by atoms with Crippen molar-refractivity contribution in [2.45, 2.75) is 25.2 Å². The van der Waals surface area contributed by atoms with Crippen LogP contribution in [0.5, 0.6) is 0 Å². The third kappa shape index (κ3) is 6.46. The van der Waals surface area contributed by atoms with Crippen molar-refractivity contribution in [2.75, 3.05) is 4.90 Å². The Kier molecular flexibility index (Phi) is 8.86. The molecule has 11 rings (SSSR count). The SMILES string of the molecule is c1ccc(-c2ccc(N(c3ccc(-c4ccc5c(c4)-c4ccccc4C(c4ccccc4)CC5)cc3)c3cccc(-c4cccc5c4Cc4ccccc4-5)c3)cc2)cc1. The smallest absolute Gasteiger partial charge is 0.0467 e. The number of anilines is 3. The Bertz CT molecular complexity index is 2940. The molecule has 1 unspecified atom stereocenters. The van der Waals surface area contributed by atoms with Crippen LogP contribution in [0.3, 0.4) is 0 Å². The maximum atomic E-state index is 2.43. The molecular formula is C58H43N. The maximum absolute atomic E-state index is 2.43. The van der Waals surface area contributed by atoms with E-state index in [1.807, 2.05) is 0 Å². The number of benzene rings is 9. The summed E-state index contributed by atoms with van der Waals surface area (Å²) < 4.78 is 0. The quantitative estimate of drug-likeness (QED) is 0.157. The van der Waals surface area contributed by atoms with Gasteiger partial charge in [-0.15, -0.1) is 0 Å². The number of rotatable bonds is 7. The molecule has 9 aromatic rings. The van der Waals surface area contributed by atoms with Crippen molar-refractivity contribution >= 4 is 17.1 Å². The van der Waals surface area contributed by atoms with E-state index in [0.29, 0.717) is 5.92 Å². The van der Waals surface area contributed by atoms with Crippen LogP contribution in [0.4, 0.5) is 17.1 Å². The fourth-order valence-electron chi connectivity index (χ4n) is 9.68. The van der Waals surface area contributed by atoms with Crippen LogP contribution in [0, 0.1) is 0 Å². The van der Waals surface area contributed by atoms with Crippen molar-refractivity contribution in [1.29, 1.82) is 0 Å². The Morgan fingerprint density at radius 1 is 0.339 bits per heavy atom. The molecule has 280 valence electrons. The van der Waals surface area contributed by atoms with Gasteiger partial charge in [0.05, 0.1) is 0 Å². The Morgan fingerprint density at radius 3 is 1.69 bits per heavy atom. The minimum absolute atomic E-state index is 0.382. The number of hydrogen-bond donors (Lipinski definition) is 0. The van der Waals surface area contributed by atoms with E-state index in [0.717, 1.165) is 36.3 Å². The number of hydrogen-bond acceptors (Lipinski definition) is 1. The van der Waals surface area contributed by atoms with Crippen molar-refractivity contribution in [1.82, 2.24) is 0 Å². The highest BCUT2D eigenvalue weighted by atomic mass is 15.1. The molecule has 59 heavy (non-hydrogen) atoms. The minimum atomic E-state index is 0.382. The lowest BCUT2D eigenvalue weighted by Gasteiger charge is -2.26. The molecule has 0 spiro atoms. The summed E-state index contributed by atoms with van der Waals surface area (Å²) in [4.78, 5) is 2.40. The third-order valence-electron chi connectivity index (χ3n) is 12.6. The minimum Gasteiger partial charge on any atom is -0.310 e. The molecule has 9 aromatic carbocycles. The highest BCUT2D eigenvalue weighted by Crippen LogP contribution is 2.45. The Hall–Kier alpha value is -7.22. The van der Waals surface area contributed by atoms with Crippen molar-refractivity contribution in [3.63, 3.8) is 0 Å². The molecule has 0 aliphatic heterocycles. The third-order valence-corrected chi connectivity index (χ3v) is 12.6. The van der Waals surface area contributed by atoms with E-state index in [9.17, 15) is 0 Å². The van der Waals surface area contributed by atoms with Gasteiger partial charge in [0.25, 0.3) is 0 Å². The molecule has 0 radical (unpaired) electrons. The Balaban J connectivity index is 0.972. The first-order chi connectivity index (χ1) is 29.2. The molecule has 0 aromatic heterocycles. The molecule has 0 fully saturated rings. The molecule has 1 atom stereocenters. The van der Waals surface area contributed by atoms with Gasteiger partial charge in [0.1, 0.15) is 0 Å². The molecule has 0 bridgehead atoms. The largest absolute Gasteiger partial charge is 0.310 e. The topological polar surface area (TPSA) is 3.24 Å². The van der Waals surface area contributed by atoms with Crippen LogP contribution < -0.4 is 4.90 Å². The average molecular weight is 754 g/mol. The van der Waals surface area contributed by atoms with E-state index >= 15 is 0 Å². The van der Waals surface area contributed by atoms with E-state index in [1.165, 1.54) is 83.5 Å². The lowest BCUT2D eigenvalue weighted by Crippen LogP contribution is -2.10. The number of aryl methyl sites for hydroxylation is 1. The van der Waals surface area contributed by atoms with Crippen LogP contribution in [-0.4, -0.2) is 0 Å². The Labute approximate surface area is 347 Å². The van der Waals surface area contributed by atoms with E-state index in [1.54, 1.807) is 0 Å². The van der Waals surface area contributed by atoms with Gasteiger partial charge in [-0.05, 0) is 145 Å². The van der Waals surface area contributed by atoms with Crippen LogP contribution in [0.15, 0.2) is 218 Å². The molecule has 2 aliphatic carbocycles. The van der Waals surface area contributed by atoms with Gasteiger partial charge in [-0.3, -0.25) is 0 Å². The molecule has 0 heterocycles. The molecular weight excluding hydrogens is 711 g/mol. The van der Waals surface area contributed by atoms with Crippen molar-refractivity contribution in [2.24, 2.45) is 0 Å². The molecule has 1 heteroatoms. The predicted octanol–water partition coefficient (Wildman–Crippen LogP) is 15.5. The zero-order chi connectivity index (χ0) is 39.1. The molecule has 0 saturated heterocycles. The lowest BCUT2D eigenvalue weighted by molar-refractivity contribution is 0.726. The highest BCUT2D eigenvalue weighted by Gasteiger charge is 2.25. The molecule has 0 amide bonds. The number of nitrogens with zero attached hydrogens (tertiary/aromatic N) is 1. The fraction of sp³-hybridized carbons (Fsp3) is 0.0690. The summed E-state index contributed by atoms with van der Waals surface area (Å²) in [6.07, 6.45) is 3.12. The molecule has 0 N–H and O–H groups in total. The van der Waals surface area contributed by atoms with Crippen LogP contribution in [0.1, 0.15) is 40.2 Å². The normalized spacial score (nSPS) is 13.7. The van der Waals surface area contributed by atoms with Crippen molar-refractivity contribution in [3.8, 4) is 55.6 Å². The lowest BCUT2D eigenvalue weighted by atomic mass is 9.86. The van der Waals surface area contributed by atoms with Crippen LogP contribution in [0.25, 0.3) is 55.6 Å². The predicted molar refractivity (Wildman–Crippen MR) is 248 cm³/mol. The summed E-state index contributed by atoms with van der Waals surface area (Å²) in [6, 6.07) is 80.7. The summed E-state index contributed by atoms with van der Waals surface area (Å²) >= 11 is 0. The molecule has 2 aliphatic rings. The van der Waals surface area contributed by atoms with E-state index < -0.39 is 0 Å². The zero-order valence-electron chi connectivity index (χ0n) is 32.9. The summed E-state index contributed by atoms with van der Waals surface area (Å²) in [5.74, 6) is 0.382. The van der Waals surface area contributed by atoms with Gasteiger partial charge in [-0.1, -0.05) is 176 Å². The monoisotopic (exact) mass is 753 g/mol. The van der Waals surface area contributed by atoms with Gasteiger partial charge in [0, 0.05) is 23.0 Å². The maximum Gasteiger partial charge on any atom is 0.0467 e. The second kappa shape index (κ2) is 14.9. The first-order valence-electron chi connectivity index (χ1n) is 20.9. The van der Waals surface area contributed by atoms with Crippen molar-refractivity contribution in [3.05, 3.63) is 246 Å². The van der Waals surface area contributed by atoms with Gasteiger partial charge >= 0.3 is 0 Å². The first kappa shape index (κ1) is 35.0. The van der Waals surface area contributed by atoms with Gasteiger partial charge in [-0.2, -0.15) is 0 Å². The summed E-state index contributed by atoms with van der Waals surface area (Å²) in [5, 5.41) is 0. The summed E-state index contributed by atoms with van der Waals surface area (Å²) in [7, 11) is 0. The van der Waals surface area contributed by atoms with Gasteiger partial charge in [-0.25, -0.2) is 0 Å². The van der Waals surface area contributed by atoms with Crippen molar-refractivity contribution < 1.29 is 0 Å². The summed E-state index contributed by atoms with van der Waals surface area (Å²) in [6.45, 7) is 0. The van der Waals surface area contributed by atoms with E-state index in [4.69, 9.17) is 0 Å². The standard InChI is InChI=1S/C58H43N/c1-3-13-40(14-4-1)41-27-32-48(33-28-41)59(50-19-11-18-46(37-50)52-23-12-24-55-51-20-8-7-17-47(51)39-58(52)55)49-34-29-42(30-35-49)45-26-25-44-31-36-53(43-15-5-2-6-16-43)54-21-9-10-22-56(54)57(44)38-45/h1-30,32-35,37-38,53H,31,36,39H2. The number of fused-ring (bicyclic) bond motifs is 6. The van der Waals surface area contributed by atoms with Gasteiger partial charge < -0.3 is 4.90 Å². The average Bonchev–Trinajstić information content (AvgIpc) is 3.61. The fourth-order valence-corrected chi connectivity index (χ4v) is 9.68. The second-order valence-electron chi connectivity index (χ2n) is 16.0. The van der Waals surface area contributed by atoms with Gasteiger partial charge in [0.2, 0.25) is 0 Å². The first-order valence-corrected chi connectivity index (χ1v) is 20.9. The van der Waals surface area contributed by atoms with Crippen LogP contribution >= 0.6 is 0 Å². The second-order valence-corrected chi connectivity index (χ2v) is 16.0. The van der Waals surface area contributed by atoms with Crippen LogP contribution in [-0.2, 0) is 12.8 Å². The van der Waals surface area contributed by atoms with E-state index in [-0.39, 0.29) is 0 Å². The molecule has 1 nitrogen and oxygen atoms in total. The zero-order valence-corrected chi connectivity index (χ0v) is 32.9. The Morgan fingerprint density at radius 2 is 0.915 bits per heavy atom.